The number of rotatable bonds is 3. The molecule has 8 nitrogen and oxygen atoms in total. The molecule has 0 fully saturated rings. The molecular weight excluding hydrogens is 271 g/mol. The Morgan fingerprint density at radius 1 is 0.765 bits per heavy atom. The molecule has 0 heterocycles. The zero-order chi connectivity index (χ0) is 13.8. The molecule has 0 rings (SSSR count). The van der Waals surface area contributed by atoms with Crippen molar-refractivity contribution in [1.82, 2.24) is 0 Å². The van der Waals surface area contributed by atoms with Crippen LogP contribution in [0.4, 0.5) is 0 Å². The first-order valence-electron chi connectivity index (χ1n) is 4.88. The van der Waals surface area contributed by atoms with Crippen molar-refractivity contribution >= 4 is 5.97 Å². The zero-order valence-electron chi connectivity index (χ0n) is 10.4. The molecule has 9 heteroatoms. The van der Waals surface area contributed by atoms with E-state index in [-0.39, 0.29) is 16.8 Å². The molecule has 0 aliphatic rings. The summed E-state index contributed by atoms with van der Waals surface area (Å²) < 4.78 is 0. The Hall–Kier alpha value is -0.264. The maximum Gasteiger partial charge on any atom is 0.300 e. The molecule has 0 aliphatic carbocycles. The molecule has 0 spiro atoms. The largest absolute Gasteiger partial charge is 0.481 e. The number of hydrogen-bond acceptors (Lipinski definition) is 7. The molecule has 0 unspecified atom stereocenters. The molecule has 17 heavy (non-hydrogen) atoms. The van der Waals surface area contributed by atoms with Crippen molar-refractivity contribution in [2.75, 3.05) is 39.3 Å². The van der Waals surface area contributed by atoms with Crippen molar-refractivity contribution in [1.29, 1.82) is 0 Å². The second-order valence-electron chi connectivity index (χ2n) is 2.25. The minimum absolute atomic E-state index is 0. The summed E-state index contributed by atoms with van der Waals surface area (Å²) in [7, 11) is 0. The van der Waals surface area contributed by atoms with Crippen LogP contribution in [0.25, 0.3) is 0 Å². The first-order valence-corrected chi connectivity index (χ1v) is 4.88. The molecule has 111 valence electrons. The van der Waals surface area contributed by atoms with Crippen molar-refractivity contribution in [3.05, 3.63) is 0 Å². The van der Waals surface area contributed by atoms with Gasteiger partial charge in [-0.05, 0) is 0 Å². The van der Waals surface area contributed by atoms with Crippen LogP contribution < -0.4 is 34.4 Å². The van der Waals surface area contributed by atoms with E-state index in [1.807, 2.05) is 0 Å². The number of carbonyl (C=O) groups is 1. The van der Waals surface area contributed by atoms with E-state index >= 15 is 0 Å². The summed E-state index contributed by atoms with van der Waals surface area (Å²) in [6.45, 7) is 4.67. The Morgan fingerprint density at radius 3 is 0.824 bits per heavy atom. The Labute approximate surface area is 114 Å². The van der Waals surface area contributed by atoms with Gasteiger partial charge in [-0.3, -0.25) is 4.79 Å². The SMILES string of the molecule is CC(=O)O.NCCN.NCCN.NCCN.[Co]. The van der Waals surface area contributed by atoms with Crippen LogP contribution in [-0.2, 0) is 21.6 Å². The average molecular weight is 299 g/mol. The molecular formula is C8H28CoN6O2. The second-order valence-corrected chi connectivity index (χ2v) is 2.25. The van der Waals surface area contributed by atoms with E-state index in [0.29, 0.717) is 39.3 Å². The number of hydrogen-bond donors (Lipinski definition) is 7. The third-order valence-corrected chi connectivity index (χ3v) is 0.500. The number of aliphatic carboxylic acids is 1. The Kier molecular flexibility index (Phi) is 79.2. The number of carboxylic acid groups (broad SMARTS) is 1. The summed E-state index contributed by atoms with van der Waals surface area (Å²) in [6.07, 6.45) is 0. The van der Waals surface area contributed by atoms with Crippen LogP contribution in [-0.4, -0.2) is 50.3 Å². The van der Waals surface area contributed by atoms with Gasteiger partial charge in [0, 0.05) is 63.0 Å². The molecule has 0 aromatic heterocycles. The van der Waals surface area contributed by atoms with Crippen LogP contribution in [0.3, 0.4) is 0 Å². The molecule has 0 amide bonds. The van der Waals surface area contributed by atoms with Gasteiger partial charge in [-0.2, -0.15) is 0 Å². The van der Waals surface area contributed by atoms with Gasteiger partial charge in [-0.25, -0.2) is 0 Å². The van der Waals surface area contributed by atoms with Gasteiger partial charge >= 0.3 is 0 Å². The van der Waals surface area contributed by atoms with E-state index in [2.05, 4.69) is 0 Å². The Morgan fingerprint density at radius 2 is 0.824 bits per heavy atom. The van der Waals surface area contributed by atoms with Gasteiger partial charge in [0.1, 0.15) is 0 Å². The van der Waals surface area contributed by atoms with Crippen LogP contribution >= 0.6 is 0 Å². The molecule has 0 atom stereocenters. The van der Waals surface area contributed by atoms with Crippen LogP contribution in [0.2, 0.25) is 0 Å². The van der Waals surface area contributed by atoms with Crippen LogP contribution in [0, 0.1) is 0 Å². The topological polar surface area (TPSA) is 193 Å². The van der Waals surface area contributed by atoms with E-state index in [1.54, 1.807) is 0 Å². The van der Waals surface area contributed by atoms with Crippen molar-refractivity contribution in [3.63, 3.8) is 0 Å². The first-order chi connectivity index (χ1) is 7.47. The molecule has 0 saturated heterocycles. The minimum Gasteiger partial charge on any atom is -0.481 e. The maximum atomic E-state index is 9.00. The fraction of sp³-hybridized carbons (Fsp3) is 0.875. The molecule has 0 aromatic carbocycles. The number of carboxylic acids is 1. The monoisotopic (exact) mass is 299 g/mol. The van der Waals surface area contributed by atoms with Gasteiger partial charge in [-0.1, -0.05) is 0 Å². The van der Waals surface area contributed by atoms with Gasteiger partial charge in [0.15, 0.2) is 0 Å². The standard InChI is InChI=1S/3C2H8N2.C2H4O2.Co/c3*3-1-2-4;1-2(3)4;/h3*1-4H2;1H3,(H,3,4);. The van der Waals surface area contributed by atoms with Gasteiger partial charge in [0.25, 0.3) is 5.97 Å². The van der Waals surface area contributed by atoms with Gasteiger partial charge in [0.05, 0.1) is 0 Å². The zero-order valence-corrected chi connectivity index (χ0v) is 11.4. The van der Waals surface area contributed by atoms with Crippen LogP contribution in [0.5, 0.6) is 0 Å². The third-order valence-electron chi connectivity index (χ3n) is 0.500. The van der Waals surface area contributed by atoms with E-state index in [9.17, 15) is 0 Å². The summed E-state index contributed by atoms with van der Waals surface area (Å²) in [6, 6.07) is 0. The van der Waals surface area contributed by atoms with Gasteiger partial charge < -0.3 is 39.5 Å². The molecule has 0 bridgehead atoms. The van der Waals surface area contributed by atoms with Crippen LogP contribution in [0.1, 0.15) is 6.92 Å². The first kappa shape index (κ1) is 30.1. The minimum atomic E-state index is -0.833. The summed E-state index contributed by atoms with van der Waals surface area (Å²) in [4.78, 5) is 9.00. The van der Waals surface area contributed by atoms with E-state index in [1.165, 1.54) is 0 Å². The smallest absolute Gasteiger partial charge is 0.300 e. The van der Waals surface area contributed by atoms with Gasteiger partial charge in [-0.15, -0.1) is 0 Å². The molecule has 0 aliphatic heterocycles. The third kappa shape index (κ3) is 397. The second kappa shape index (κ2) is 44.8. The van der Waals surface area contributed by atoms with E-state index in [4.69, 9.17) is 44.3 Å². The van der Waals surface area contributed by atoms with Crippen molar-refractivity contribution < 1.29 is 26.7 Å². The van der Waals surface area contributed by atoms with Crippen LogP contribution in [0.15, 0.2) is 0 Å². The maximum absolute atomic E-state index is 9.00. The molecule has 13 N–H and O–H groups in total. The van der Waals surface area contributed by atoms with E-state index < -0.39 is 5.97 Å². The normalized spacial score (nSPS) is 6.76. The predicted molar refractivity (Wildman–Crippen MR) is 67.6 cm³/mol. The Bertz CT molecular complexity index is 90.5. The summed E-state index contributed by atoms with van der Waals surface area (Å²) in [5.41, 5.74) is 29.4. The molecule has 1 radical (unpaired) electrons. The average Bonchev–Trinajstić information content (AvgIpc) is 2.28. The Balaban J connectivity index is -0.0000000369. The fourth-order valence-electron chi connectivity index (χ4n) is 0. The number of nitrogens with two attached hydrogens (primary N) is 6. The van der Waals surface area contributed by atoms with Gasteiger partial charge in [0.2, 0.25) is 0 Å². The fourth-order valence-corrected chi connectivity index (χ4v) is 0. The molecule has 0 saturated carbocycles. The van der Waals surface area contributed by atoms with Crippen molar-refractivity contribution in [2.24, 2.45) is 34.4 Å². The summed E-state index contributed by atoms with van der Waals surface area (Å²) >= 11 is 0. The van der Waals surface area contributed by atoms with Crippen molar-refractivity contribution in [2.45, 2.75) is 6.92 Å². The van der Waals surface area contributed by atoms with Crippen molar-refractivity contribution in [3.8, 4) is 0 Å². The quantitative estimate of drug-likeness (QED) is 0.283. The summed E-state index contributed by atoms with van der Waals surface area (Å²) in [5.74, 6) is -0.833. The van der Waals surface area contributed by atoms with E-state index in [0.717, 1.165) is 6.92 Å². The molecule has 0 aromatic rings. The summed E-state index contributed by atoms with van der Waals surface area (Å²) in [5, 5.41) is 7.42. The predicted octanol–water partition coefficient (Wildman–Crippen LogP) is -3.20.